The SMILES string of the molecule is CS(=O)(=O)c1ccc(NC(=O)/C=C/c2ccc3c(c2)OC(F)(F)O3)cc1. The number of sulfone groups is 1. The van der Waals surface area contributed by atoms with E-state index in [9.17, 15) is 22.0 Å². The molecule has 1 heterocycles. The van der Waals surface area contributed by atoms with Crippen LogP contribution in [-0.4, -0.2) is 26.9 Å². The number of carbonyl (C=O) groups is 1. The molecule has 0 saturated heterocycles. The van der Waals surface area contributed by atoms with Crippen molar-refractivity contribution in [2.45, 2.75) is 11.2 Å². The third kappa shape index (κ3) is 4.17. The van der Waals surface area contributed by atoms with Gasteiger partial charge in [-0.15, -0.1) is 8.78 Å². The molecule has 1 aliphatic rings. The summed E-state index contributed by atoms with van der Waals surface area (Å²) in [5.41, 5.74) is 0.880. The molecule has 0 saturated carbocycles. The standard InChI is InChI=1S/C17H13F2NO5S/c1-26(22,23)13-6-4-12(5-7-13)20-16(21)9-3-11-2-8-14-15(10-11)25-17(18,19)24-14/h2-10H,1H3,(H,20,21)/b9-3+. The molecule has 0 aromatic heterocycles. The fraction of sp³-hybridized carbons (Fsp3) is 0.118. The van der Waals surface area contributed by atoms with E-state index in [2.05, 4.69) is 14.8 Å². The predicted molar refractivity (Wildman–Crippen MR) is 89.9 cm³/mol. The zero-order chi connectivity index (χ0) is 18.9. The average molecular weight is 381 g/mol. The number of nitrogens with one attached hydrogen (secondary N) is 1. The number of anilines is 1. The van der Waals surface area contributed by atoms with Crippen molar-refractivity contribution in [3.63, 3.8) is 0 Å². The second-order valence-electron chi connectivity index (χ2n) is 5.49. The van der Waals surface area contributed by atoms with Crippen LogP contribution in [0.25, 0.3) is 6.08 Å². The molecular weight excluding hydrogens is 368 g/mol. The number of hydrogen-bond donors (Lipinski definition) is 1. The van der Waals surface area contributed by atoms with Crippen molar-refractivity contribution in [3.8, 4) is 11.5 Å². The maximum atomic E-state index is 13.0. The summed E-state index contributed by atoms with van der Waals surface area (Å²) in [5, 5.41) is 2.56. The predicted octanol–water partition coefficient (Wildman–Crippen LogP) is 3.06. The van der Waals surface area contributed by atoms with Crippen molar-refractivity contribution in [1.29, 1.82) is 0 Å². The Balaban J connectivity index is 1.65. The molecule has 0 fully saturated rings. The Morgan fingerprint density at radius 3 is 2.38 bits per heavy atom. The molecule has 26 heavy (non-hydrogen) atoms. The lowest BCUT2D eigenvalue weighted by Crippen LogP contribution is -2.25. The monoisotopic (exact) mass is 381 g/mol. The van der Waals surface area contributed by atoms with Gasteiger partial charge >= 0.3 is 6.29 Å². The van der Waals surface area contributed by atoms with Gasteiger partial charge in [0.15, 0.2) is 21.3 Å². The lowest BCUT2D eigenvalue weighted by molar-refractivity contribution is -0.286. The van der Waals surface area contributed by atoms with Gasteiger partial charge in [-0.1, -0.05) is 6.07 Å². The topological polar surface area (TPSA) is 81.7 Å². The van der Waals surface area contributed by atoms with Crippen LogP contribution >= 0.6 is 0 Å². The summed E-state index contributed by atoms with van der Waals surface area (Å²) in [6, 6.07) is 9.82. The third-order valence-electron chi connectivity index (χ3n) is 3.40. The van der Waals surface area contributed by atoms with Gasteiger partial charge in [0, 0.05) is 18.0 Å². The van der Waals surface area contributed by atoms with Crippen molar-refractivity contribution >= 4 is 27.5 Å². The molecule has 1 amide bonds. The molecule has 0 atom stereocenters. The van der Waals surface area contributed by atoms with Crippen LogP contribution in [0.5, 0.6) is 11.5 Å². The van der Waals surface area contributed by atoms with Crippen molar-refractivity contribution in [3.05, 3.63) is 54.1 Å². The number of fused-ring (bicyclic) bond motifs is 1. The van der Waals surface area contributed by atoms with Crippen LogP contribution in [0.3, 0.4) is 0 Å². The number of rotatable bonds is 4. The highest BCUT2D eigenvalue weighted by Crippen LogP contribution is 2.41. The Hall–Kier alpha value is -2.94. The smallest absolute Gasteiger partial charge is 0.395 e. The van der Waals surface area contributed by atoms with E-state index in [0.29, 0.717) is 11.3 Å². The van der Waals surface area contributed by atoms with Crippen LogP contribution < -0.4 is 14.8 Å². The molecule has 0 unspecified atom stereocenters. The van der Waals surface area contributed by atoms with Crippen molar-refractivity contribution < 1.29 is 31.5 Å². The maximum Gasteiger partial charge on any atom is 0.586 e. The number of halogens is 2. The minimum absolute atomic E-state index is 0.0810. The second-order valence-corrected chi connectivity index (χ2v) is 7.51. The minimum Gasteiger partial charge on any atom is -0.395 e. The van der Waals surface area contributed by atoms with E-state index in [-0.39, 0.29) is 16.4 Å². The summed E-state index contributed by atoms with van der Waals surface area (Å²) >= 11 is 0. The van der Waals surface area contributed by atoms with Crippen LogP contribution in [0.4, 0.5) is 14.5 Å². The van der Waals surface area contributed by atoms with Crippen LogP contribution in [-0.2, 0) is 14.6 Å². The maximum absolute atomic E-state index is 13.0. The first-order chi connectivity index (χ1) is 12.1. The third-order valence-corrected chi connectivity index (χ3v) is 4.53. The molecule has 0 bridgehead atoms. The summed E-state index contributed by atoms with van der Waals surface area (Å²) in [6.45, 7) is 0. The summed E-state index contributed by atoms with van der Waals surface area (Å²) in [6.07, 6.45) is 0.0191. The summed E-state index contributed by atoms with van der Waals surface area (Å²) < 4.78 is 57.3. The lowest BCUT2D eigenvalue weighted by Gasteiger charge is -2.04. The molecule has 1 N–H and O–H groups in total. The molecule has 136 valence electrons. The minimum atomic E-state index is -3.69. The van der Waals surface area contributed by atoms with Gasteiger partial charge < -0.3 is 14.8 Å². The number of amides is 1. The van der Waals surface area contributed by atoms with Gasteiger partial charge in [-0.2, -0.15) is 0 Å². The Bertz CT molecular complexity index is 985. The quantitative estimate of drug-likeness (QED) is 0.824. The molecule has 2 aromatic rings. The van der Waals surface area contributed by atoms with Crippen molar-refractivity contribution in [1.82, 2.24) is 0 Å². The number of alkyl halides is 2. The lowest BCUT2D eigenvalue weighted by atomic mass is 10.2. The van der Waals surface area contributed by atoms with Gasteiger partial charge in [-0.25, -0.2) is 8.42 Å². The molecule has 3 rings (SSSR count). The summed E-state index contributed by atoms with van der Waals surface area (Å²) in [7, 11) is -3.31. The zero-order valence-electron chi connectivity index (χ0n) is 13.4. The Kier molecular flexibility index (Phi) is 4.41. The Labute approximate surface area is 148 Å². The molecule has 0 aliphatic carbocycles. The van der Waals surface area contributed by atoms with E-state index in [0.717, 1.165) is 6.26 Å². The van der Waals surface area contributed by atoms with E-state index >= 15 is 0 Å². The first-order valence-electron chi connectivity index (χ1n) is 7.31. The molecule has 0 radical (unpaired) electrons. The molecule has 1 aliphatic heterocycles. The second kappa shape index (κ2) is 6.41. The van der Waals surface area contributed by atoms with E-state index in [4.69, 9.17) is 0 Å². The van der Waals surface area contributed by atoms with Crippen LogP contribution in [0, 0.1) is 0 Å². The van der Waals surface area contributed by atoms with Crippen molar-refractivity contribution in [2.75, 3.05) is 11.6 Å². The van der Waals surface area contributed by atoms with Crippen LogP contribution in [0.2, 0.25) is 0 Å². The largest absolute Gasteiger partial charge is 0.586 e. The fourth-order valence-electron chi connectivity index (χ4n) is 2.21. The van der Waals surface area contributed by atoms with Crippen LogP contribution in [0.15, 0.2) is 53.4 Å². The molecular formula is C17H13F2NO5S. The number of benzene rings is 2. The number of ether oxygens (including phenoxy) is 2. The van der Waals surface area contributed by atoms with E-state index in [1.165, 1.54) is 54.6 Å². The Morgan fingerprint density at radius 2 is 1.73 bits per heavy atom. The summed E-state index contributed by atoms with van der Waals surface area (Å²) in [4.78, 5) is 12.1. The van der Waals surface area contributed by atoms with E-state index < -0.39 is 22.0 Å². The van der Waals surface area contributed by atoms with Gasteiger partial charge in [-0.3, -0.25) is 4.79 Å². The van der Waals surface area contributed by atoms with Gasteiger partial charge in [0.1, 0.15) is 0 Å². The van der Waals surface area contributed by atoms with Gasteiger partial charge in [0.05, 0.1) is 4.90 Å². The van der Waals surface area contributed by atoms with Gasteiger partial charge in [-0.05, 0) is 48.0 Å². The fourth-order valence-corrected chi connectivity index (χ4v) is 2.84. The first kappa shape index (κ1) is 17.9. The highest BCUT2D eigenvalue weighted by atomic mass is 32.2. The van der Waals surface area contributed by atoms with E-state index in [1.54, 1.807) is 0 Å². The molecule has 2 aromatic carbocycles. The number of hydrogen-bond acceptors (Lipinski definition) is 5. The molecule has 6 nitrogen and oxygen atoms in total. The Morgan fingerprint density at radius 1 is 1.08 bits per heavy atom. The molecule has 0 spiro atoms. The molecule has 9 heteroatoms. The normalized spacial score (nSPS) is 15.2. The van der Waals surface area contributed by atoms with E-state index in [1.807, 2.05) is 0 Å². The van der Waals surface area contributed by atoms with Crippen LogP contribution in [0.1, 0.15) is 5.56 Å². The summed E-state index contributed by atoms with van der Waals surface area (Å²) in [5.74, 6) is -0.670. The zero-order valence-corrected chi connectivity index (χ0v) is 14.2. The highest BCUT2D eigenvalue weighted by Gasteiger charge is 2.43. The van der Waals surface area contributed by atoms with Gasteiger partial charge in [0.25, 0.3) is 0 Å². The van der Waals surface area contributed by atoms with Gasteiger partial charge in [0.2, 0.25) is 5.91 Å². The number of carbonyl (C=O) groups excluding carboxylic acids is 1. The average Bonchev–Trinajstić information content (AvgIpc) is 2.85. The highest BCUT2D eigenvalue weighted by molar-refractivity contribution is 7.90. The first-order valence-corrected chi connectivity index (χ1v) is 9.21. The van der Waals surface area contributed by atoms with Crippen molar-refractivity contribution in [2.24, 2.45) is 0 Å².